The van der Waals surface area contributed by atoms with Gasteiger partial charge in [-0.15, -0.1) is 0 Å². The predicted octanol–water partition coefficient (Wildman–Crippen LogP) is 3.41. The molecule has 0 aliphatic rings. The van der Waals surface area contributed by atoms with Crippen molar-refractivity contribution < 1.29 is 9.90 Å². The van der Waals surface area contributed by atoms with E-state index >= 15 is 0 Å². The summed E-state index contributed by atoms with van der Waals surface area (Å²) in [7, 11) is 0. The lowest BCUT2D eigenvalue weighted by Crippen LogP contribution is -1.99. The molecule has 86 valence electrons. The summed E-state index contributed by atoms with van der Waals surface area (Å²) in [5.41, 5.74) is 2.80. The zero-order valence-electron chi connectivity index (χ0n) is 9.14. The Bertz CT molecular complexity index is 581. The third kappa shape index (κ3) is 2.29. The number of benzene rings is 1. The molecule has 3 nitrogen and oxygen atoms in total. The SMILES string of the molecule is Cc1ccccc1-c1cnc(Cl)c(C(=O)O)c1. The fourth-order valence-corrected chi connectivity index (χ4v) is 1.83. The number of hydrogen-bond donors (Lipinski definition) is 1. The van der Waals surface area contributed by atoms with E-state index < -0.39 is 5.97 Å². The monoisotopic (exact) mass is 247 g/mol. The number of aromatic nitrogens is 1. The van der Waals surface area contributed by atoms with Crippen LogP contribution in [0.25, 0.3) is 11.1 Å². The number of carbonyl (C=O) groups is 1. The molecule has 0 unspecified atom stereocenters. The van der Waals surface area contributed by atoms with E-state index in [2.05, 4.69) is 4.98 Å². The molecule has 1 N–H and O–H groups in total. The van der Waals surface area contributed by atoms with Gasteiger partial charge in [-0.3, -0.25) is 0 Å². The summed E-state index contributed by atoms with van der Waals surface area (Å²) in [6.07, 6.45) is 1.58. The van der Waals surface area contributed by atoms with E-state index in [0.717, 1.165) is 16.7 Å². The molecule has 0 fully saturated rings. The number of carboxylic acids is 1. The lowest BCUT2D eigenvalue weighted by atomic mass is 10.0. The van der Waals surface area contributed by atoms with Crippen molar-refractivity contribution in [2.45, 2.75) is 6.92 Å². The predicted molar refractivity (Wildman–Crippen MR) is 66.4 cm³/mol. The minimum absolute atomic E-state index is 0.00911. The number of aryl methyl sites for hydroxylation is 1. The van der Waals surface area contributed by atoms with Gasteiger partial charge in [0.05, 0.1) is 5.56 Å². The molecule has 0 spiro atoms. The summed E-state index contributed by atoms with van der Waals surface area (Å²) >= 11 is 5.73. The van der Waals surface area contributed by atoms with Crippen LogP contribution in [-0.2, 0) is 0 Å². The molecule has 4 heteroatoms. The molecule has 0 aliphatic heterocycles. The molecule has 0 atom stereocenters. The van der Waals surface area contributed by atoms with Gasteiger partial charge in [0.25, 0.3) is 0 Å². The van der Waals surface area contributed by atoms with E-state index in [4.69, 9.17) is 16.7 Å². The minimum atomic E-state index is -1.07. The fourth-order valence-electron chi connectivity index (χ4n) is 1.64. The molecule has 2 aromatic rings. The Morgan fingerprint density at radius 2 is 2.06 bits per heavy atom. The van der Waals surface area contributed by atoms with Crippen LogP contribution >= 0.6 is 11.6 Å². The molecule has 0 aliphatic carbocycles. The minimum Gasteiger partial charge on any atom is -0.478 e. The zero-order valence-corrected chi connectivity index (χ0v) is 9.90. The van der Waals surface area contributed by atoms with Crippen LogP contribution in [0.3, 0.4) is 0 Å². The molecule has 17 heavy (non-hydrogen) atoms. The zero-order chi connectivity index (χ0) is 12.4. The Hall–Kier alpha value is -1.87. The summed E-state index contributed by atoms with van der Waals surface area (Å²) in [4.78, 5) is 14.9. The number of rotatable bonds is 2. The van der Waals surface area contributed by atoms with Gasteiger partial charge in [0.1, 0.15) is 5.15 Å². The highest BCUT2D eigenvalue weighted by Crippen LogP contribution is 2.25. The molecule has 1 aromatic carbocycles. The number of nitrogens with zero attached hydrogens (tertiary/aromatic N) is 1. The maximum Gasteiger partial charge on any atom is 0.338 e. The van der Waals surface area contributed by atoms with Crippen molar-refractivity contribution in [1.29, 1.82) is 0 Å². The summed E-state index contributed by atoms with van der Waals surface area (Å²) in [6, 6.07) is 9.26. The van der Waals surface area contributed by atoms with E-state index in [-0.39, 0.29) is 10.7 Å². The van der Waals surface area contributed by atoms with Gasteiger partial charge in [-0.25, -0.2) is 9.78 Å². The topological polar surface area (TPSA) is 50.2 Å². The average Bonchev–Trinajstić information content (AvgIpc) is 2.30. The van der Waals surface area contributed by atoms with Crippen LogP contribution in [0.4, 0.5) is 0 Å². The molecule has 1 aromatic heterocycles. The van der Waals surface area contributed by atoms with Crippen molar-refractivity contribution in [3.63, 3.8) is 0 Å². The summed E-state index contributed by atoms with van der Waals surface area (Å²) in [6.45, 7) is 1.96. The first kappa shape index (κ1) is 11.6. The van der Waals surface area contributed by atoms with Gasteiger partial charge in [0.15, 0.2) is 0 Å². The third-order valence-corrected chi connectivity index (χ3v) is 2.83. The molecular weight excluding hydrogens is 238 g/mol. The van der Waals surface area contributed by atoms with Crippen LogP contribution < -0.4 is 0 Å². The van der Waals surface area contributed by atoms with Crippen LogP contribution in [0.1, 0.15) is 15.9 Å². The van der Waals surface area contributed by atoms with Crippen molar-refractivity contribution >= 4 is 17.6 Å². The number of pyridine rings is 1. The normalized spacial score (nSPS) is 10.2. The van der Waals surface area contributed by atoms with E-state index in [0.29, 0.717) is 0 Å². The Morgan fingerprint density at radius 3 is 2.71 bits per heavy atom. The smallest absolute Gasteiger partial charge is 0.338 e. The van der Waals surface area contributed by atoms with Gasteiger partial charge in [-0.05, 0) is 24.1 Å². The van der Waals surface area contributed by atoms with Crippen LogP contribution in [0.5, 0.6) is 0 Å². The second-order valence-corrected chi connectivity index (χ2v) is 4.04. The lowest BCUT2D eigenvalue weighted by Gasteiger charge is -2.06. The van der Waals surface area contributed by atoms with Crippen molar-refractivity contribution in [2.24, 2.45) is 0 Å². The van der Waals surface area contributed by atoms with Gasteiger partial charge in [0.2, 0.25) is 0 Å². The lowest BCUT2D eigenvalue weighted by molar-refractivity contribution is 0.0696. The molecule has 0 bridgehead atoms. The first-order valence-electron chi connectivity index (χ1n) is 5.04. The number of aromatic carboxylic acids is 1. The Balaban J connectivity index is 2.58. The third-order valence-electron chi connectivity index (χ3n) is 2.53. The molecular formula is C13H10ClNO2. The summed E-state index contributed by atoms with van der Waals surface area (Å²) in [5, 5.41) is 8.99. The van der Waals surface area contributed by atoms with Crippen molar-refractivity contribution in [1.82, 2.24) is 4.98 Å². The Kier molecular flexibility index (Phi) is 3.11. The van der Waals surface area contributed by atoms with Gasteiger partial charge in [-0.1, -0.05) is 35.9 Å². The standard InChI is InChI=1S/C13H10ClNO2/c1-8-4-2-3-5-10(8)9-6-11(13(16)17)12(14)15-7-9/h2-7H,1H3,(H,16,17). The summed E-state index contributed by atoms with van der Waals surface area (Å²) < 4.78 is 0. The second kappa shape index (κ2) is 4.55. The highest BCUT2D eigenvalue weighted by atomic mass is 35.5. The molecule has 1 heterocycles. The van der Waals surface area contributed by atoms with Crippen molar-refractivity contribution in [2.75, 3.05) is 0 Å². The highest BCUT2D eigenvalue weighted by Gasteiger charge is 2.12. The maximum absolute atomic E-state index is 11.0. The molecule has 0 saturated carbocycles. The van der Waals surface area contributed by atoms with Crippen LogP contribution in [-0.4, -0.2) is 16.1 Å². The van der Waals surface area contributed by atoms with E-state index in [9.17, 15) is 4.79 Å². The molecule has 0 amide bonds. The van der Waals surface area contributed by atoms with Crippen molar-refractivity contribution in [3.8, 4) is 11.1 Å². The molecule has 0 saturated heterocycles. The number of hydrogen-bond acceptors (Lipinski definition) is 2. The van der Waals surface area contributed by atoms with E-state index in [1.165, 1.54) is 0 Å². The first-order chi connectivity index (χ1) is 8.09. The van der Waals surface area contributed by atoms with E-state index in [1.807, 2.05) is 31.2 Å². The van der Waals surface area contributed by atoms with Crippen LogP contribution in [0, 0.1) is 6.92 Å². The van der Waals surface area contributed by atoms with Gasteiger partial charge < -0.3 is 5.11 Å². The number of carboxylic acid groups (broad SMARTS) is 1. The summed E-state index contributed by atoms with van der Waals surface area (Å²) in [5.74, 6) is -1.07. The Labute approximate surface area is 104 Å². The quantitative estimate of drug-likeness (QED) is 0.828. The fraction of sp³-hybridized carbons (Fsp3) is 0.0769. The van der Waals surface area contributed by atoms with Crippen LogP contribution in [0.15, 0.2) is 36.5 Å². The molecule has 0 radical (unpaired) electrons. The molecule has 2 rings (SSSR count). The van der Waals surface area contributed by atoms with E-state index in [1.54, 1.807) is 12.3 Å². The highest BCUT2D eigenvalue weighted by molar-refractivity contribution is 6.32. The Morgan fingerprint density at radius 1 is 1.35 bits per heavy atom. The first-order valence-corrected chi connectivity index (χ1v) is 5.42. The second-order valence-electron chi connectivity index (χ2n) is 3.68. The van der Waals surface area contributed by atoms with Gasteiger partial charge in [-0.2, -0.15) is 0 Å². The maximum atomic E-state index is 11.0. The van der Waals surface area contributed by atoms with Crippen molar-refractivity contribution in [3.05, 3.63) is 52.8 Å². The average molecular weight is 248 g/mol. The van der Waals surface area contributed by atoms with Gasteiger partial charge >= 0.3 is 5.97 Å². The number of halogens is 1. The largest absolute Gasteiger partial charge is 0.478 e. The van der Waals surface area contributed by atoms with Crippen LogP contribution in [0.2, 0.25) is 5.15 Å². The van der Waals surface area contributed by atoms with Gasteiger partial charge in [0, 0.05) is 11.8 Å².